The minimum Gasteiger partial charge on any atom is -0.266 e. The summed E-state index contributed by atoms with van der Waals surface area (Å²) in [6.07, 6.45) is -0.406. The zero-order chi connectivity index (χ0) is 34.1. The van der Waals surface area contributed by atoms with Gasteiger partial charge in [0.1, 0.15) is 0 Å². The number of hydrogen-bond acceptors (Lipinski definition) is 9. The second-order valence-electron chi connectivity index (χ2n) is 12.2. The maximum absolute atomic E-state index is 13.7. The fourth-order valence-electron chi connectivity index (χ4n) is 6.05. The lowest BCUT2D eigenvalue weighted by Gasteiger charge is -2.29. The van der Waals surface area contributed by atoms with Crippen molar-refractivity contribution in [2.24, 2.45) is 0 Å². The third-order valence-electron chi connectivity index (χ3n) is 7.61. The van der Waals surface area contributed by atoms with Crippen molar-refractivity contribution < 1.29 is 37.8 Å². The minimum absolute atomic E-state index is 0.00165. The molecule has 0 radical (unpaired) electrons. The molecule has 0 saturated heterocycles. The third-order valence-corrected chi connectivity index (χ3v) is 12.6. The second kappa shape index (κ2) is 13.6. The molecule has 3 aromatic rings. The molecule has 0 aliphatic heterocycles. The molecule has 0 saturated carbocycles. The first-order valence-electron chi connectivity index (χ1n) is 14.6. The molecule has 3 aromatic carbocycles. The Labute approximate surface area is 269 Å². The summed E-state index contributed by atoms with van der Waals surface area (Å²) in [4.78, 5) is 0.0956. The summed E-state index contributed by atoms with van der Waals surface area (Å²) in [5, 5.41) is 0. The summed E-state index contributed by atoms with van der Waals surface area (Å²) in [6, 6.07) is 10.4. The Morgan fingerprint density at radius 3 is 0.978 bits per heavy atom. The molecule has 0 bridgehead atoms. The van der Waals surface area contributed by atoms with Gasteiger partial charge in [-0.25, -0.2) is 0 Å². The normalized spacial score (nSPS) is 12.9. The molecule has 0 N–H and O–H groups in total. The van der Waals surface area contributed by atoms with Gasteiger partial charge in [0.2, 0.25) is 0 Å². The van der Waals surface area contributed by atoms with Crippen molar-refractivity contribution >= 4 is 30.4 Å². The topological polar surface area (TPSA) is 130 Å². The molecule has 0 unspecified atom stereocenters. The van der Waals surface area contributed by atoms with Crippen LogP contribution in [0.15, 0.2) is 51.1 Å². The Bertz CT molecular complexity index is 1760. The average molecular weight is 681 g/mol. The van der Waals surface area contributed by atoms with Crippen LogP contribution in [0.5, 0.6) is 0 Å². The van der Waals surface area contributed by atoms with Crippen LogP contribution < -0.4 is 0 Å². The number of hydrogen-bond donors (Lipinski definition) is 0. The molecule has 0 aliphatic rings. The minimum atomic E-state index is -4.38. The fourth-order valence-corrected chi connectivity index (χ4v) is 10.4. The average Bonchev–Trinajstić information content (AvgIpc) is 2.80. The highest BCUT2D eigenvalue weighted by Crippen LogP contribution is 2.32. The molecule has 12 heteroatoms. The first-order chi connectivity index (χ1) is 20.6. The highest BCUT2D eigenvalue weighted by Gasteiger charge is 2.36. The van der Waals surface area contributed by atoms with Gasteiger partial charge < -0.3 is 0 Å². The molecular formula is C33H44O9S3. The summed E-state index contributed by atoms with van der Waals surface area (Å²) >= 11 is 0. The largest absolute Gasteiger partial charge is 0.298 e. The van der Waals surface area contributed by atoms with E-state index in [1.807, 2.05) is 20.8 Å². The Hall–Kier alpha value is -2.61. The van der Waals surface area contributed by atoms with Crippen LogP contribution in [0.4, 0.5) is 0 Å². The standard InChI is InChI=1S/C33H44O9S3/c1-21-15-24(4)30(25(5)16-21)43(34,35)40-13-11-33(10,42-45(38,39)32-28(8)19-23(3)20-29(32)9)12-14-41-44(36,37)31-26(6)17-22(2)18-27(31)7/h15-20H,11-14H2,1-10H3. The number of benzene rings is 3. The smallest absolute Gasteiger partial charge is 0.266 e. The maximum Gasteiger partial charge on any atom is 0.298 e. The SMILES string of the molecule is Cc1cc(C)c(S(=O)(=O)OCCC(C)(CCOS(=O)(=O)c2c(C)cc(C)cc2C)OS(=O)(=O)c2c(C)cc(C)cc2C)c(C)c1. The van der Waals surface area contributed by atoms with E-state index in [2.05, 4.69) is 0 Å². The van der Waals surface area contributed by atoms with Crippen LogP contribution in [0, 0.1) is 62.3 Å². The van der Waals surface area contributed by atoms with Gasteiger partial charge in [-0.2, -0.15) is 25.3 Å². The van der Waals surface area contributed by atoms with Crippen LogP contribution in [0.2, 0.25) is 0 Å². The van der Waals surface area contributed by atoms with Gasteiger partial charge in [0, 0.05) is 12.8 Å². The van der Waals surface area contributed by atoms with Gasteiger partial charge in [-0.3, -0.25) is 12.5 Å². The zero-order valence-electron chi connectivity index (χ0n) is 27.7. The molecule has 0 aliphatic carbocycles. The number of aryl methyl sites for hydroxylation is 9. The van der Waals surface area contributed by atoms with Crippen LogP contribution in [0.25, 0.3) is 0 Å². The summed E-state index contributed by atoms with van der Waals surface area (Å²) in [5.74, 6) is 0. The Kier molecular flexibility index (Phi) is 11.2. The van der Waals surface area contributed by atoms with E-state index >= 15 is 0 Å². The molecule has 248 valence electrons. The van der Waals surface area contributed by atoms with Gasteiger partial charge in [-0.15, -0.1) is 0 Å². The Morgan fingerprint density at radius 1 is 0.467 bits per heavy atom. The van der Waals surface area contributed by atoms with E-state index in [-0.39, 0.29) is 27.5 Å². The van der Waals surface area contributed by atoms with Crippen molar-refractivity contribution in [1.82, 2.24) is 0 Å². The summed E-state index contributed by atoms with van der Waals surface area (Å²) in [6.45, 7) is 16.3. The lowest BCUT2D eigenvalue weighted by Crippen LogP contribution is -2.35. The lowest BCUT2D eigenvalue weighted by atomic mass is 9.99. The fraction of sp³-hybridized carbons (Fsp3) is 0.455. The molecular weight excluding hydrogens is 637 g/mol. The predicted molar refractivity (Wildman–Crippen MR) is 174 cm³/mol. The van der Waals surface area contributed by atoms with Gasteiger partial charge in [0.15, 0.2) is 0 Å². The van der Waals surface area contributed by atoms with Gasteiger partial charge in [-0.1, -0.05) is 53.1 Å². The van der Waals surface area contributed by atoms with E-state index in [9.17, 15) is 25.3 Å². The van der Waals surface area contributed by atoms with Gasteiger partial charge in [-0.05, 0) is 103 Å². The predicted octanol–water partition coefficient (Wildman–Crippen LogP) is 6.52. The van der Waals surface area contributed by atoms with Crippen molar-refractivity contribution in [3.05, 3.63) is 86.5 Å². The molecule has 3 rings (SSSR count). The van der Waals surface area contributed by atoms with E-state index in [1.165, 1.54) is 6.92 Å². The highest BCUT2D eigenvalue weighted by molar-refractivity contribution is 7.87. The monoisotopic (exact) mass is 680 g/mol. The molecule has 9 nitrogen and oxygen atoms in total. The summed E-state index contributed by atoms with van der Waals surface area (Å²) in [5.41, 5.74) is 4.19. The van der Waals surface area contributed by atoms with Crippen LogP contribution in [0.1, 0.15) is 69.8 Å². The number of rotatable bonds is 13. The Balaban J connectivity index is 1.91. The molecule has 0 amide bonds. The lowest BCUT2D eigenvalue weighted by molar-refractivity contribution is 0.0494. The van der Waals surface area contributed by atoms with Gasteiger partial charge in [0.05, 0.1) is 33.5 Å². The third kappa shape index (κ3) is 8.81. The van der Waals surface area contributed by atoms with E-state index in [1.54, 1.807) is 77.9 Å². The molecule has 0 spiro atoms. The van der Waals surface area contributed by atoms with Crippen molar-refractivity contribution in [3.63, 3.8) is 0 Å². The van der Waals surface area contributed by atoms with E-state index in [4.69, 9.17) is 12.5 Å². The van der Waals surface area contributed by atoms with Crippen LogP contribution in [0.3, 0.4) is 0 Å². The van der Waals surface area contributed by atoms with E-state index < -0.39 is 49.2 Å². The van der Waals surface area contributed by atoms with Crippen molar-refractivity contribution in [1.29, 1.82) is 0 Å². The summed E-state index contributed by atoms with van der Waals surface area (Å²) < 4.78 is 96.7. The van der Waals surface area contributed by atoms with E-state index in [0.29, 0.717) is 33.4 Å². The zero-order valence-corrected chi connectivity index (χ0v) is 30.1. The molecule has 0 aromatic heterocycles. The first kappa shape index (κ1) is 36.9. The van der Waals surface area contributed by atoms with E-state index in [0.717, 1.165) is 16.7 Å². The molecule has 0 atom stereocenters. The maximum atomic E-state index is 13.7. The molecule has 0 heterocycles. The van der Waals surface area contributed by atoms with Crippen LogP contribution >= 0.6 is 0 Å². The quantitative estimate of drug-likeness (QED) is 0.185. The van der Waals surface area contributed by atoms with Crippen molar-refractivity contribution in [3.8, 4) is 0 Å². The van der Waals surface area contributed by atoms with Gasteiger partial charge >= 0.3 is 0 Å². The van der Waals surface area contributed by atoms with Gasteiger partial charge in [0.25, 0.3) is 30.4 Å². The second-order valence-corrected chi connectivity index (χ2v) is 16.8. The first-order valence-corrected chi connectivity index (χ1v) is 18.8. The van der Waals surface area contributed by atoms with Crippen molar-refractivity contribution in [2.45, 2.75) is 102 Å². The summed E-state index contributed by atoms with van der Waals surface area (Å²) in [7, 11) is -12.8. The Morgan fingerprint density at radius 2 is 0.711 bits per heavy atom. The van der Waals surface area contributed by atoms with Crippen LogP contribution in [-0.4, -0.2) is 44.1 Å². The highest BCUT2D eigenvalue weighted by atomic mass is 32.2. The van der Waals surface area contributed by atoms with Crippen molar-refractivity contribution in [2.75, 3.05) is 13.2 Å². The molecule has 0 fully saturated rings. The molecule has 45 heavy (non-hydrogen) atoms. The van der Waals surface area contributed by atoms with Crippen LogP contribution in [-0.2, 0) is 42.9 Å².